The van der Waals surface area contributed by atoms with Crippen molar-refractivity contribution in [2.24, 2.45) is 0 Å². The van der Waals surface area contributed by atoms with Crippen molar-refractivity contribution < 1.29 is 8.85 Å². The van der Waals surface area contributed by atoms with E-state index >= 15 is 0 Å². The molecular weight excluding hydrogens is 219 g/mol. The van der Waals surface area contributed by atoms with Crippen molar-refractivity contribution in [1.82, 2.24) is 10.2 Å². The molecular formula is C4H5IN2O. The number of halogens is 1. The van der Waals surface area contributed by atoms with Crippen molar-refractivity contribution in [1.29, 1.82) is 0 Å². The Morgan fingerprint density at radius 1 is 2.12 bits per heavy atom. The van der Waals surface area contributed by atoms with Crippen molar-refractivity contribution in [3.63, 3.8) is 0 Å². The van der Waals surface area contributed by atoms with Gasteiger partial charge >= 0.3 is 0 Å². The summed E-state index contributed by atoms with van der Waals surface area (Å²) in [5.41, 5.74) is 0. The summed E-state index contributed by atoms with van der Waals surface area (Å²) in [6.45, 7) is 0. The van der Waals surface area contributed by atoms with E-state index in [-0.39, 0.29) is 5.88 Å². The van der Waals surface area contributed by atoms with Gasteiger partial charge in [0.25, 0.3) is 0 Å². The maximum atomic E-state index is 6.76. The quantitative estimate of drug-likeness (QED) is 0.727. The van der Waals surface area contributed by atoms with E-state index < -0.39 is 7.04 Å². The van der Waals surface area contributed by atoms with Crippen LogP contribution in [0.5, 0.6) is 5.88 Å². The molecule has 0 radical (unpaired) electrons. The van der Waals surface area contributed by atoms with E-state index in [9.17, 15) is 0 Å². The fourth-order valence-corrected chi connectivity index (χ4v) is 0.701. The van der Waals surface area contributed by atoms with E-state index in [0.29, 0.717) is 3.57 Å². The number of nitrogens with zero attached hydrogens (tertiary/aromatic N) is 1. The van der Waals surface area contributed by atoms with Crippen molar-refractivity contribution in [3.05, 3.63) is 9.77 Å². The Kier molecular flexibility index (Phi) is 0.892. The summed E-state index contributed by atoms with van der Waals surface area (Å²) in [5.74, 6) is 0.186. The van der Waals surface area contributed by atoms with Crippen LogP contribution in [0.2, 0.25) is 0 Å². The van der Waals surface area contributed by atoms with E-state index in [4.69, 9.17) is 4.11 Å². The number of ether oxygens (including phenoxy) is 1. The molecule has 0 aromatic carbocycles. The van der Waals surface area contributed by atoms with Crippen molar-refractivity contribution >= 4 is 22.6 Å². The van der Waals surface area contributed by atoms with Crippen LogP contribution in [-0.4, -0.2) is 17.2 Å². The summed E-state index contributed by atoms with van der Waals surface area (Å²) in [6.07, 6.45) is 1.49. The molecule has 0 aliphatic rings. The van der Waals surface area contributed by atoms with E-state index in [2.05, 4.69) is 14.9 Å². The van der Waals surface area contributed by atoms with Crippen LogP contribution in [0.3, 0.4) is 0 Å². The first-order chi connectivity index (χ1) is 4.99. The smallest absolute Gasteiger partial charge is 0.222 e. The van der Waals surface area contributed by atoms with Gasteiger partial charge in [-0.3, -0.25) is 0 Å². The number of hydrogen-bond donors (Lipinski definition) is 1. The number of aromatic amines is 1. The summed E-state index contributed by atoms with van der Waals surface area (Å²) >= 11 is 1.93. The van der Waals surface area contributed by atoms with Crippen LogP contribution in [0.1, 0.15) is 4.11 Å². The second-order valence-electron chi connectivity index (χ2n) is 1.15. The van der Waals surface area contributed by atoms with Gasteiger partial charge in [0, 0.05) is 0 Å². The topological polar surface area (TPSA) is 37.9 Å². The molecule has 8 heavy (non-hydrogen) atoms. The van der Waals surface area contributed by atoms with Gasteiger partial charge in [0.1, 0.15) is 0 Å². The molecule has 0 aliphatic heterocycles. The van der Waals surface area contributed by atoms with Crippen LogP contribution in [0.15, 0.2) is 6.20 Å². The highest BCUT2D eigenvalue weighted by Crippen LogP contribution is 2.14. The SMILES string of the molecule is [2H]C([2H])([2H])Oc1[nH]ncc1I. The Morgan fingerprint density at radius 3 is 3.50 bits per heavy atom. The number of methoxy groups -OCH3 is 1. The minimum atomic E-state index is -2.41. The van der Waals surface area contributed by atoms with Crippen molar-refractivity contribution in [2.75, 3.05) is 7.04 Å². The Hall–Kier alpha value is -0.260. The van der Waals surface area contributed by atoms with Crippen LogP contribution in [0, 0.1) is 3.57 Å². The van der Waals surface area contributed by atoms with Gasteiger partial charge in [-0.1, -0.05) is 0 Å². The van der Waals surface area contributed by atoms with Gasteiger partial charge in [-0.15, -0.1) is 0 Å². The van der Waals surface area contributed by atoms with Crippen LogP contribution in [0.4, 0.5) is 0 Å². The maximum Gasteiger partial charge on any atom is 0.222 e. The van der Waals surface area contributed by atoms with Crippen molar-refractivity contribution in [2.45, 2.75) is 0 Å². The van der Waals surface area contributed by atoms with Crippen molar-refractivity contribution in [3.8, 4) is 5.88 Å². The molecule has 1 aromatic rings. The Balaban J connectivity index is 2.72. The zero-order chi connectivity index (χ0) is 8.48. The van der Waals surface area contributed by atoms with Crippen LogP contribution >= 0.6 is 22.6 Å². The first-order valence-electron chi connectivity index (χ1n) is 3.37. The second-order valence-corrected chi connectivity index (χ2v) is 2.31. The first-order valence-corrected chi connectivity index (χ1v) is 2.95. The molecule has 0 saturated heterocycles. The second kappa shape index (κ2) is 2.34. The van der Waals surface area contributed by atoms with Gasteiger partial charge in [-0.05, 0) is 22.6 Å². The maximum absolute atomic E-state index is 6.76. The molecule has 1 rings (SSSR count). The molecule has 0 bridgehead atoms. The lowest BCUT2D eigenvalue weighted by Crippen LogP contribution is -1.82. The number of hydrogen-bond acceptors (Lipinski definition) is 2. The molecule has 0 spiro atoms. The monoisotopic (exact) mass is 227 g/mol. The lowest BCUT2D eigenvalue weighted by Gasteiger charge is -1.90. The Bertz CT molecular complexity index is 246. The number of nitrogens with one attached hydrogen (secondary N) is 1. The van der Waals surface area contributed by atoms with Crippen LogP contribution < -0.4 is 4.74 Å². The normalized spacial score (nSPS) is 16.4. The minimum absolute atomic E-state index is 0.186. The van der Waals surface area contributed by atoms with Gasteiger partial charge in [-0.2, -0.15) is 5.10 Å². The molecule has 0 atom stereocenters. The summed E-state index contributed by atoms with van der Waals surface area (Å²) < 4.78 is 25.5. The third kappa shape index (κ3) is 0.936. The number of H-pyrrole nitrogens is 1. The highest BCUT2D eigenvalue weighted by molar-refractivity contribution is 14.1. The standard InChI is InChI=1S/C4H5IN2O/c1-8-4-3(5)2-6-7-4/h2H,1H3,(H,6,7)/i1D3. The van der Waals surface area contributed by atoms with E-state index in [1.165, 1.54) is 6.20 Å². The molecule has 44 valence electrons. The van der Waals surface area contributed by atoms with E-state index in [0.717, 1.165) is 0 Å². The number of aromatic nitrogens is 2. The van der Waals surface area contributed by atoms with Gasteiger partial charge in [0.2, 0.25) is 5.88 Å². The summed E-state index contributed by atoms with van der Waals surface area (Å²) in [6, 6.07) is 0. The largest absolute Gasteiger partial charge is 0.481 e. The molecule has 0 unspecified atom stereocenters. The Morgan fingerprint density at radius 2 is 3.00 bits per heavy atom. The summed E-state index contributed by atoms with van der Waals surface area (Å²) in [5, 5.41) is 6.02. The average Bonchev–Trinajstić information content (AvgIpc) is 2.12. The minimum Gasteiger partial charge on any atom is -0.481 e. The lowest BCUT2D eigenvalue weighted by atomic mass is 10.7. The third-order valence-electron chi connectivity index (χ3n) is 0.663. The highest BCUT2D eigenvalue weighted by atomic mass is 127. The number of rotatable bonds is 1. The summed E-state index contributed by atoms with van der Waals surface area (Å²) in [7, 11) is -2.41. The fourth-order valence-electron chi connectivity index (χ4n) is 0.331. The predicted molar refractivity (Wildman–Crippen MR) is 37.9 cm³/mol. The molecule has 0 fully saturated rings. The molecule has 1 heterocycles. The molecule has 0 amide bonds. The molecule has 1 N–H and O–H groups in total. The predicted octanol–water partition coefficient (Wildman–Crippen LogP) is 1.02. The first kappa shape index (κ1) is 3.05. The lowest BCUT2D eigenvalue weighted by molar-refractivity contribution is 0.394. The average molecular weight is 227 g/mol. The van der Waals surface area contributed by atoms with Crippen LogP contribution in [0.25, 0.3) is 0 Å². The van der Waals surface area contributed by atoms with Gasteiger partial charge in [0.15, 0.2) is 0 Å². The molecule has 4 heteroatoms. The molecule has 3 nitrogen and oxygen atoms in total. The third-order valence-corrected chi connectivity index (χ3v) is 1.43. The van der Waals surface area contributed by atoms with Crippen LogP contribution in [-0.2, 0) is 0 Å². The Labute approximate surface area is 64.8 Å². The fraction of sp³-hybridized carbons (Fsp3) is 0.250. The highest BCUT2D eigenvalue weighted by Gasteiger charge is 1.96. The molecule has 1 aromatic heterocycles. The van der Waals surface area contributed by atoms with E-state index in [1.54, 1.807) is 0 Å². The zero-order valence-electron chi connectivity index (χ0n) is 6.81. The van der Waals surface area contributed by atoms with Gasteiger partial charge < -0.3 is 4.74 Å². The van der Waals surface area contributed by atoms with E-state index in [1.807, 2.05) is 22.6 Å². The summed E-state index contributed by atoms with van der Waals surface area (Å²) in [4.78, 5) is 0. The van der Waals surface area contributed by atoms with Gasteiger partial charge in [-0.25, -0.2) is 5.10 Å². The molecule has 0 saturated carbocycles. The molecule has 0 aliphatic carbocycles. The zero-order valence-corrected chi connectivity index (χ0v) is 5.97. The van der Waals surface area contributed by atoms with Gasteiger partial charge in [0.05, 0.1) is 20.9 Å².